The van der Waals surface area contributed by atoms with Gasteiger partial charge in [0.1, 0.15) is 0 Å². The fourth-order valence-corrected chi connectivity index (χ4v) is 2.40. The van der Waals surface area contributed by atoms with Gasteiger partial charge in [0.15, 0.2) is 5.69 Å². The molecule has 1 aromatic carbocycles. The molecule has 0 fully saturated rings. The minimum Gasteiger partial charge on any atom is -0.469 e. The van der Waals surface area contributed by atoms with Crippen molar-refractivity contribution in [2.75, 3.05) is 7.11 Å². The monoisotopic (exact) mass is 331 g/mol. The van der Waals surface area contributed by atoms with Crippen LogP contribution >= 0.6 is 0 Å². The van der Waals surface area contributed by atoms with Crippen LogP contribution in [0.4, 0.5) is 0 Å². The number of benzene rings is 1. The third-order valence-electron chi connectivity index (χ3n) is 3.61. The molecule has 0 aliphatic carbocycles. The molecule has 1 atom stereocenters. The largest absolute Gasteiger partial charge is 0.469 e. The number of nitrogens with zero attached hydrogens (tertiary/aromatic N) is 2. The normalized spacial score (nSPS) is 12.2. The SMILES string of the molecule is COC(=O)CC(C)NC(=O)c1nn(C(C)C)c(=O)c2ccccc12. The smallest absolute Gasteiger partial charge is 0.307 e. The van der Waals surface area contributed by atoms with Crippen LogP contribution in [0.25, 0.3) is 10.8 Å². The van der Waals surface area contributed by atoms with Gasteiger partial charge < -0.3 is 10.1 Å². The molecule has 0 saturated heterocycles. The number of methoxy groups -OCH3 is 1. The third kappa shape index (κ3) is 3.61. The summed E-state index contributed by atoms with van der Waals surface area (Å²) in [7, 11) is 1.30. The van der Waals surface area contributed by atoms with Gasteiger partial charge in [-0.2, -0.15) is 5.10 Å². The van der Waals surface area contributed by atoms with E-state index in [2.05, 4.69) is 15.2 Å². The Morgan fingerprint density at radius 2 is 1.83 bits per heavy atom. The number of fused-ring (bicyclic) bond motifs is 1. The van der Waals surface area contributed by atoms with E-state index < -0.39 is 17.9 Å². The molecule has 1 N–H and O–H groups in total. The molecule has 128 valence electrons. The number of carbonyl (C=O) groups is 2. The van der Waals surface area contributed by atoms with Crippen LogP contribution in [0.3, 0.4) is 0 Å². The molecule has 7 heteroatoms. The molecule has 7 nitrogen and oxygen atoms in total. The van der Waals surface area contributed by atoms with E-state index in [1.165, 1.54) is 11.8 Å². The van der Waals surface area contributed by atoms with Gasteiger partial charge in [-0.1, -0.05) is 18.2 Å². The molecule has 2 rings (SSSR count). The molecular weight excluding hydrogens is 310 g/mol. The number of amides is 1. The summed E-state index contributed by atoms with van der Waals surface area (Å²) in [5.74, 6) is -0.843. The molecule has 0 aliphatic heterocycles. The van der Waals surface area contributed by atoms with E-state index in [0.29, 0.717) is 10.8 Å². The minimum atomic E-state index is -0.433. The summed E-state index contributed by atoms with van der Waals surface area (Å²) in [6.45, 7) is 5.35. The standard InChI is InChI=1S/C17H21N3O4/c1-10(2)20-17(23)13-8-6-5-7-12(13)15(19-20)16(22)18-11(3)9-14(21)24-4/h5-8,10-11H,9H2,1-4H3,(H,18,22). The summed E-state index contributed by atoms with van der Waals surface area (Å²) in [5.41, 5.74) is -0.0737. The van der Waals surface area contributed by atoms with Gasteiger partial charge in [0.25, 0.3) is 11.5 Å². The zero-order chi connectivity index (χ0) is 17.9. The first-order valence-electron chi connectivity index (χ1n) is 7.74. The summed E-state index contributed by atoms with van der Waals surface area (Å²) >= 11 is 0. The zero-order valence-electron chi connectivity index (χ0n) is 14.2. The Bertz CT molecular complexity index is 826. The first-order chi connectivity index (χ1) is 11.3. The van der Waals surface area contributed by atoms with Crippen LogP contribution in [-0.2, 0) is 9.53 Å². The summed E-state index contributed by atoms with van der Waals surface area (Å²) in [6, 6.07) is 6.26. The van der Waals surface area contributed by atoms with Crippen molar-refractivity contribution in [3.05, 3.63) is 40.3 Å². The van der Waals surface area contributed by atoms with E-state index in [0.717, 1.165) is 0 Å². The van der Waals surface area contributed by atoms with Crippen LogP contribution in [0, 0.1) is 0 Å². The van der Waals surface area contributed by atoms with Gasteiger partial charge in [-0.3, -0.25) is 14.4 Å². The summed E-state index contributed by atoms with van der Waals surface area (Å²) in [4.78, 5) is 36.3. The average molecular weight is 331 g/mol. The third-order valence-corrected chi connectivity index (χ3v) is 3.61. The summed E-state index contributed by atoms with van der Waals surface area (Å²) < 4.78 is 5.89. The Labute approximate surface area is 139 Å². The highest BCUT2D eigenvalue weighted by molar-refractivity contribution is 6.04. The van der Waals surface area contributed by atoms with E-state index in [9.17, 15) is 14.4 Å². The van der Waals surface area contributed by atoms with Gasteiger partial charge in [-0.25, -0.2) is 4.68 Å². The maximum atomic E-state index is 12.6. The molecule has 24 heavy (non-hydrogen) atoms. The Morgan fingerprint density at radius 3 is 2.42 bits per heavy atom. The number of nitrogens with one attached hydrogen (secondary N) is 1. The highest BCUT2D eigenvalue weighted by atomic mass is 16.5. The summed E-state index contributed by atoms with van der Waals surface area (Å²) in [5, 5.41) is 7.87. The lowest BCUT2D eigenvalue weighted by Crippen LogP contribution is -2.37. The van der Waals surface area contributed by atoms with Crippen molar-refractivity contribution >= 4 is 22.6 Å². The van der Waals surface area contributed by atoms with E-state index >= 15 is 0 Å². The molecule has 0 aliphatic rings. The van der Waals surface area contributed by atoms with Gasteiger partial charge in [0, 0.05) is 11.4 Å². The lowest BCUT2D eigenvalue weighted by atomic mass is 10.1. The number of hydrogen-bond donors (Lipinski definition) is 1. The van der Waals surface area contributed by atoms with Gasteiger partial charge >= 0.3 is 5.97 Å². The van der Waals surface area contributed by atoms with Crippen LogP contribution < -0.4 is 10.9 Å². The molecule has 1 amide bonds. The second kappa shape index (κ2) is 7.25. The molecule has 2 aromatic rings. The molecule has 1 aromatic heterocycles. The Hall–Kier alpha value is -2.70. The van der Waals surface area contributed by atoms with Crippen molar-refractivity contribution in [2.24, 2.45) is 0 Å². The molecular formula is C17H21N3O4. The van der Waals surface area contributed by atoms with E-state index in [1.807, 2.05) is 13.8 Å². The average Bonchev–Trinajstić information content (AvgIpc) is 2.54. The first-order valence-corrected chi connectivity index (χ1v) is 7.74. The highest BCUT2D eigenvalue weighted by Crippen LogP contribution is 2.15. The fourth-order valence-electron chi connectivity index (χ4n) is 2.40. The van der Waals surface area contributed by atoms with E-state index in [1.54, 1.807) is 31.2 Å². The van der Waals surface area contributed by atoms with Crippen LogP contribution in [0.1, 0.15) is 43.7 Å². The second-order valence-electron chi connectivity index (χ2n) is 5.89. The van der Waals surface area contributed by atoms with Gasteiger partial charge in [0.05, 0.1) is 25.0 Å². The van der Waals surface area contributed by atoms with Gasteiger partial charge in [-0.05, 0) is 26.8 Å². The molecule has 1 heterocycles. The van der Waals surface area contributed by atoms with Gasteiger partial charge in [-0.15, -0.1) is 0 Å². The predicted octanol–water partition coefficient (Wildman–Crippen LogP) is 1.66. The van der Waals surface area contributed by atoms with Crippen molar-refractivity contribution in [2.45, 2.75) is 39.3 Å². The summed E-state index contributed by atoms with van der Waals surface area (Å²) in [6.07, 6.45) is 0.0595. The van der Waals surface area contributed by atoms with Crippen LogP contribution in [-0.4, -0.2) is 34.8 Å². The Balaban J connectivity index is 2.44. The number of rotatable bonds is 5. The Morgan fingerprint density at radius 1 is 1.21 bits per heavy atom. The number of aromatic nitrogens is 2. The Kier molecular flexibility index (Phi) is 5.33. The number of ether oxygens (including phenoxy) is 1. The van der Waals surface area contributed by atoms with E-state index in [-0.39, 0.29) is 23.7 Å². The van der Waals surface area contributed by atoms with Crippen molar-refractivity contribution in [1.29, 1.82) is 0 Å². The molecule has 0 radical (unpaired) electrons. The molecule has 1 unspecified atom stereocenters. The topological polar surface area (TPSA) is 90.3 Å². The lowest BCUT2D eigenvalue weighted by Gasteiger charge is -2.16. The van der Waals surface area contributed by atoms with Crippen LogP contribution in [0.2, 0.25) is 0 Å². The number of esters is 1. The van der Waals surface area contributed by atoms with Crippen molar-refractivity contribution < 1.29 is 14.3 Å². The lowest BCUT2D eigenvalue weighted by molar-refractivity contribution is -0.141. The molecule has 0 bridgehead atoms. The van der Waals surface area contributed by atoms with Gasteiger partial charge in [0.2, 0.25) is 0 Å². The molecule has 0 spiro atoms. The highest BCUT2D eigenvalue weighted by Gasteiger charge is 2.20. The predicted molar refractivity (Wildman–Crippen MR) is 89.9 cm³/mol. The first kappa shape index (κ1) is 17.7. The van der Waals surface area contributed by atoms with Crippen LogP contribution in [0.15, 0.2) is 29.1 Å². The van der Waals surface area contributed by atoms with Crippen molar-refractivity contribution in [1.82, 2.24) is 15.1 Å². The number of hydrogen-bond acceptors (Lipinski definition) is 5. The maximum Gasteiger partial charge on any atom is 0.307 e. The van der Waals surface area contributed by atoms with Crippen LogP contribution in [0.5, 0.6) is 0 Å². The minimum absolute atomic E-state index is 0.0595. The van der Waals surface area contributed by atoms with Crippen molar-refractivity contribution in [3.8, 4) is 0 Å². The second-order valence-corrected chi connectivity index (χ2v) is 5.89. The quantitative estimate of drug-likeness (QED) is 0.842. The number of carbonyl (C=O) groups excluding carboxylic acids is 2. The molecule has 0 saturated carbocycles. The van der Waals surface area contributed by atoms with E-state index in [4.69, 9.17) is 0 Å². The maximum absolute atomic E-state index is 12.6. The fraction of sp³-hybridized carbons (Fsp3) is 0.412. The van der Waals surface area contributed by atoms with Crippen molar-refractivity contribution in [3.63, 3.8) is 0 Å². The zero-order valence-corrected chi connectivity index (χ0v) is 14.2.